The standard InChI is InChI=1S/C20H28O4/c1-19-8-6-15(22)18(24)14(19)4-3-12-13(19)5-7-20(2)16(23)9-11(10-21)17(12)20/h11-13,17,21,24H,3-10H2,1-2H3/t11?,12-,13-,17+,19-,20-/m1/s1. The Kier molecular flexibility index (Phi) is 3.51. The van der Waals surface area contributed by atoms with Gasteiger partial charge in [0.1, 0.15) is 5.78 Å². The topological polar surface area (TPSA) is 74.6 Å². The molecule has 0 aromatic carbocycles. The first-order valence-corrected chi connectivity index (χ1v) is 9.43. The fourth-order valence-electron chi connectivity index (χ4n) is 6.91. The molecule has 0 heterocycles. The molecule has 4 aliphatic rings. The largest absolute Gasteiger partial charge is 0.504 e. The molecule has 4 aliphatic carbocycles. The minimum Gasteiger partial charge on any atom is -0.504 e. The quantitative estimate of drug-likeness (QED) is 0.773. The third-order valence-corrected chi connectivity index (χ3v) is 8.17. The van der Waals surface area contributed by atoms with Crippen molar-refractivity contribution in [2.24, 2.45) is 34.5 Å². The lowest BCUT2D eigenvalue weighted by Gasteiger charge is -2.57. The molecular formula is C20H28O4. The van der Waals surface area contributed by atoms with E-state index >= 15 is 0 Å². The average Bonchev–Trinajstić information content (AvgIpc) is 2.82. The molecule has 0 amide bonds. The van der Waals surface area contributed by atoms with Gasteiger partial charge in [0.25, 0.3) is 0 Å². The lowest BCUT2D eigenvalue weighted by atomic mass is 9.46. The van der Waals surface area contributed by atoms with Crippen molar-refractivity contribution in [2.45, 2.75) is 58.8 Å². The molecule has 2 N–H and O–H groups in total. The summed E-state index contributed by atoms with van der Waals surface area (Å²) in [4.78, 5) is 24.6. The van der Waals surface area contributed by atoms with Crippen LogP contribution in [-0.2, 0) is 9.59 Å². The summed E-state index contributed by atoms with van der Waals surface area (Å²) in [5, 5.41) is 20.2. The van der Waals surface area contributed by atoms with Crippen molar-refractivity contribution in [3.05, 3.63) is 11.3 Å². The molecule has 0 spiro atoms. The van der Waals surface area contributed by atoms with Crippen molar-refractivity contribution >= 4 is 11.6 Å². The molecule has 0 saturated heterocycles. The number of rotatable bonds is 1. The van der Waals surface area contributed by atoms with Gasteiger partial charge < -0.3 is 10.2 Å². The Hall–Kier alpha value is -1.16. The van der Waals surface area contributed by atoms with Gasteiger partial charge >= 0.3 is 0 Å². The van der Waals surface area contributed by atoms with Crippen LogP contribution in [0, 0.1) is 34.5 Å². The Balaban J connectivity index is 1.75. The van der Waals surface area contributed by atoms with Gasteiger partial charge in [-0.15, -0.1) is 0 Å². The summed E-state index contributed by atoms with van der Waals surface area (Å²) in [5.41, 5.74) is 0.570. The van der Waals surface area contributed by atoms with Crippen LogP contribution in [0.5, 0.6) is 0 Å². The molecule has 3 saturated carbocycles. The van der Waals surface area contributed by atoms with Gasteiger partial charge in [0.15, 0.2) is 11.5 Å². The smallest absolute Gasteiger partial charge is 0.197 e. The number of allylic oxidation sites excluding steroid dienone is 1. The zero-order chi connectivity index (χ0) is 17.3. The van der Waals surface area contributed by atoms with Crippen LogP contribution in [0.25, 0.3) is 0 Å². The van der Waals surface area contributed by atoms with E-state index in [1.165, 1.54) is 0 Å². The van der Waals surface area contributed by atoms with E-state index in [2.05, 4.69) is 13.8 Å². The Bertz CT molecular complexity index is 636. The highest BCUT2D eigenvalue weighted by molar-refractivity contribution is 5.95. The Morgan fingerprint density at radius 3 is 2.54 bits per heavy atom. The van der Waals surface area contributed by atoms with E-state index in [-0.39, 0.29) is 40.8 Å². The van der Waals surface area contributed by atoms with Crippen molar-refractivity contribution in [1.82, 2.24) is 0 Å². The maximum atomic E-state index is 12.6. The molecule has 4 heteroatoms. The molecule has 6 atom stereocenters. The monoisotopic (exact) mass is 332 g/mol. The fourth-order valence-corrected chi connectivity index (χ4v) is 6.91. The zero-order valence-electron chi connectivity index (χ0n) is 14.7. The second-order valence-electron chi connectivity index (χ2n) is 9.03. The number of Topliss-reactive ketones (excluding diaryl/α,β-unsaturated/α-hetero) is 2. The lowest BCUT2D eigenvalue weighted by Crippen LogP contribution is -2.52. The summed E-state index contributed by atoms with van der Waals surface area (Å²) in [6.07, 6.45) is 5.32. The first-order chi connectivity index (χ1) is 11.3. The summed E-state index contributed by atoms with van der Waals surface area (Å²) in [7, 11) is 0. The number of fused-ring (bicyclic) bond motifs is 5. The van der Waals surface area contributed by atoms with Crippen LogP contribution in [0.2, 0.25) is 0 Å². The van der Waals surface area contributed by atoms with Gasteiger partial charge in [-0.1, -0.05) is 13.8 Å². The summed E-state index contributed by atoms with van der Waals surface area (Å²) >= 11 is 0. The minimum absolute atomic E-state index is 0.0248. The molecule has 4 rings (SSSR count). The maximum absolute atomic E-state index is 12.6. The molecule has 3 fully saturated rings. The highest BCUT2D eigenvalue weighted by Crippen LogP contribution is 2.65. The summed E-state index contributed by atoms with van der Waals surface area (Å²) < 4.78 is 0. The Morgan fingerprint density at radius 1 is 1.08 bits per heavy atom. The number of aliphatic hydroxyl groups is 2. The molecule has 0 aliphatic heterocycles. The molecular weight excluding hydrogens is 304 g/mol. The fraction of sp³-hybridized carbons (Fsp3) is 0.800. The third-order valence-electron chi connectivity index (χ3n) is 8.17. The molecule has 0 bridgehead atoms. The average molecular weight is 332 g/mol. The van der Waals surface area contributed by atoms with Crippen molar-refractivity contribution in [3.8, 4) is 0 Å². The van der Waals surface area contributed by atoms with Crippen LogP contribution in [0.15, 0.2) is 11.3 Å². The van der Waals surface area contributed by atoms with Gasteiger partial charge in [-0.3, -0.25) is 9.59 Å². The minimum atomic E-state index is -0.279. The van der Waals surface area contributed by atoms with Crippen molar-refractivity contribution in [1.29, 1.82) is 0 Å². The molecule has 24 heavy (non-hydrogen) atoms. The van der Waals surface area contributed by atoms with Gasteiger partial charge in [-0.2, -0.15) is 0 Å². The first kappa shape index (κ1) is 16.3. The second kappa shape index (κ2) is 5.17. The zero-order valence-corrected chi connectivity index (χ0v) is 14.7. The van der Waals surface area contributed by atoms with Crippen LogP contribution >= 0.6 is 0 Å². The normalized spacial score (nSPS) is 48.1. The van der Waals surface area contributed by atoms with Gasteiger partial charge in [0, 0.05) is 24.9 Å². The highest BCUT2D eigenvalue weighted by atomic mass is 16.3. The number of carbonyl (C=O) groups excluding carboxylic acids is 2. The number of ketones is 2. The van der Waals surface area contributed by atoms with E-state index in [0.717, 1.165) is 37.7 Å². The third kappa shape index (κ3) is 1.89. The molecule has 1 unspecified atom stereocenters. The maximum Gasteiger partial charge on any atom is 0.197 e. The van der Waals surface area contributed by atoms with Crippen molar-refractivity contribution < 1.29 is 19.8 Å². The Labute approximate surface area is 143 Å². The van der Waals surface area contributed by atoms with Crippen LogP contribution in [-0.4, -0.2) is 28.4 Å². The number of aliphatic hydroxyl groups excluding tert-OH is 2. The molecule has 0 aromatic heterocycles. The molecule has 0 aromatic rings. The van der Waals surface area contributed by atoms with E-state index in [0.29, 0.717) is 30.5 Å². The van der Waals surface area contributed by atoms with E-state index in [4.69, 9.17) is 0 Å². The van der Waals surface area contributed by atoms with Gasteiger partial charge in [-0.05, 0) is 66.8 Å². The molecule has 4 nitrogen and oxygen atoms in total. The predicted octanol–water partition coefficient (Wildman–Crippen LogP) is 3.19. The van der Waals surface area contributed by atoms with Crippen LogP contribution in [0.4, 0.5) is 0 Å². The highest BCUT2D eigenvalue weighted by Gasteiger charge is 2.62. The first-order valence-electron chi connectivity index (χ1n) is 9.43. The van der Waals surface area contributed by atoms with E-state index in [1.807, 2.05) is 0 Å². The van der Waals surface area contributed by atoms with Gasteiger partial charge in [0.2, 0.25) is 0 Å². The van der Waals surface area contributed by atoms with E-state index in [1.54, 1.807) is 0 Å². The molecule has 132 valence electrons. The van der Waals surface area contributed by atoms with Crippen molar-refractivity contribution in [2.75, 3.05) is 6.61 Å². The summed E-state index contributed by atoms with van der Waals surface area (Å²) in [5.74, 6) is 1.42. The second-order valence-corrected chi connectivity index (χ2v) is 9.03. The van der Waals surface area contributed by atoms with Crippen LogP contribution in [0.1, 0.15) is 58.8 Å². The molecule has 0 radical (unpaired) electrons. The van der Waals surface area contributed by atoms with Crippen molar-refractivity contribution in [3.63, 3.8) is 0 Å². The van der Waals surface area contributed by atoms with E-state index in [9.17, 15) is 19.8 Å². The predicted molar refractivity (Wildman–Crippen MR) is 89.2 cm³/mol. The SMILES string of the molecule is C[C@]12CCC(=O)C(O)=C1CC[C@@H]1[C@H]2CC[C@]2(C)C(=O)CC(CO)[C@@H]12. The van der Waals surface area contributed by atoms with Crippen LogP contribution < -0.4 is 0 Å². The summed E-state index contributed by atoms with van der Waals surface area (Å²) in [6, 6.07) is 0. The Morgan fingerprint density at radius 2 is 1.83 bits per heavy atom. The number of carbonyl (C=O) groups is 2. The van der Waals surface area contributed by atoms with E-state index < -0.39 is 0 Å². The summed E-state index contributed by atoms with van der Waals surface area (Å²) in [6.45, 7) is 4.43. The van der Waals surface area contributed by atoms with Gasteiger partial charge in [0.05, 0.1) is 0 Å². The number of hydrogen-bond acceptors (Lipinski definition) is 4. The van der Waals surface area contributed by atoms with Gasteiger partial charge in [-0.25, -0.2) is 0 Å². The van der Waals surface area contributed by atoms with Crippen LogP contribution in [0.3, 0.4) is 0 Å². The lowest BCUT2D eigenvalue weighted by molar-refractivity contribution is -0.133. The number of hydrogen-bond donors (Lipinski definition) is 2.